The Morgan fingerprint density at radius 2 is 2.00 bits per heavy atom. The van der Waals surface area contributed by atoms with Crippen LogP contribution in [0.3, 0.4) is 0 Å². The fourth-order valence-corrected chi connectivity index (χ4v) is 1.33. The predicted molar refractivity (Wildman–Crippen MR) is 62.3 cm³/mol. The molecule has 0 saturated carbocycles. The number of rotatable bonds is 9. The van der Waals surface area contributed by atoms with Gasteiger partial charge >= 0.3 is 5.97 Å². The number of amides is 1. The molecular formula is C11H22N2O3. The van der Waals surface area contributed by atoms with Crippen LogP contribution in [-0.4, -0.2) is 36.1 Å². The van der Waals surface area contributed by atoms with E-state index < -0.39 is 12.0 Å². The van der Waals surface area contributed by atoms with Gasteiger partial charge in [0.1, 0.15) is 6.04 Å². The summed E-state index contributed by atoms with van der Waals surface area (Å²) in [6.45, 7) is 5.15. The topological polar surface area (TPSA) is 78.4 Å². The number of nitrogens with one attached hydrogen (secondary N) is 2. The fraction of sp³-hybridized carbons (Fsp3) is 0.818. The highest BCUT2D eigenvalue weighted by Crippen LogP contribution is 1.98. The van der Waals surface area contributed by atoms with Gasteiger partial charge in [-0.2, -0.15) is 0 Å². The summed E-state index contributed by atoms with van der Waals surface area (Å²) in [6.07, 6.45) is 2.56. The Bertz CT molecular complexity index is 219. The molecule has 0 radical (unpaired) electrons. The third-order valence-corrected chi connectivity index (χ3v) is 2.25. The van der Waals surface area contributed by atoms with E-state index >= 15 is 0 Å². The summed E-state index contributed by atoms with van der Waals surface area (Å²) >= 11 is 0. The molecule has 94 valence electrons. The first-order valence-electron chi connectivity index (χ1n) is 5.84. The molecule has 0 saturated heterocycles. The van der Waals surface area contributed by atoms with Crippen molar-refractivity contribution in [1.29, 1.82) is 0 Å². The Balaban J connectivity index is 3.85. The van der Waals surface area contributed by atoms with Crippen LogP contribution in [0.1, 0.15) is 39.5 Å². The minimum atomic E-state index is -0.889. The van der Waals surface area contributed by atoms with E-state index in [0.29, 0.717) is 19.5 Å². The number of hydrogen-bond donors (Lipinski definition) is 3. The van der Waals surface area contributed by atoms with Gasteiger partial charge in [-0.15, -0.1) is 0 Å². The maximum Gasteiger partial charge on any atom is 0.320 e. The van der Waals surface area contributed by atoms with Crippen LogP contribution in [0.4, 0.5) is 0 Å². The van der Waals surface area contributed by atoms with Crippen molar-refractivity contribution >= 4 is 11.9 Å². The van der Waals surface area contributed by atoms with Crippen LogP contribution in [-0.2, 0) is 9.59 Å². The average molecular weight is 230 g/mol. The highest BCUT2D eigenvalue weighted by molar-refractivity contribution is 5.78. The normalized spacial score (nSPS) is 12.1. The van der Waals surface area contributed by atoms with Gasteiger partial charge in [-0.3, -0.25) is 9.59 Å². The third kappa shape index (κ3) is 7.23. The molecule has 0 rings (SSSR count). The second kappa shape index (κ2) is 9.15. The molecule has 0 aliphatic rings. The molecule has 5 heteroatoms. The summed E-state index contributed by atoms with van der Waals surface area (Å²) in [5, 5.41) is 14.5. The summed E-state index contributed by atoms with van der Waals surface area (Å²) in [7, 11) is 0. The van der Waals surface area contributed by atoms with E-state index in [1.165, 1.54) is 0 Å². The Morgan fingerprint density at radius 3 is 2.50 bits per heavy atom. The maximum atomic E-state index is 11.2. The number of carboxylic acids is 1. The van der Waals surface area contributed by atoms with Gasteiger partial charge in [-0.05, 0) is 26.3 Å². The Labute approximate surface area is 96.6 Å². The van der Waals surface area contributed by atoms with Gasteiger partial charge in [0.2, 0.25) is 5.91 Å². The van der Waals surface area contributed by atoms with E-state index in [9.17, 15) is 9.59 Å². The molecule has 0 aromatic carbocycles. The number of carboxylic acid groups (broad SMARTS) is 1. The van der Waals surface area contributed by atoms with E-state index in [-0.39, 0.29) is 12.3 Å². The first-order chi connectivity index (χ1) is 7.61. The van der Waals surface area contributed by atoms with Gasteiger partial charge in [0.15, 0.2) is 0 Å². The van der Waals surface area contributed by atoms with Gasteiger partial charge in [0.05, 0.1) is 0 Å². The minimum absolute atomic E-state index is 0.0916. The van der Waals surface area contributed by atoms with Gasteiger partial charge in [-0.1, -0.05) is 13.3 Å². The zero-order valence-corrected chi connectivity index (χ0v) is 10.1. The minimum Gasteiger partial charge on any atom is -0.480 e. The lowest BCUT2D eigenvalue weighted by Crippen LogP contribution is -2.38. The summed E-state index contributed by atoms with van der Waals surface area (Å²) in [4.78, 5) is 22.0. The molecule has 0 fully saturated rings. The molecule has 0 aliphatic carbocycles. The second-order valence-corrected chi connectivity index (χ2v) is 3.69. The molecule has 0 heterocycles. The Morgan fingerprint density at radius 1 is 1.31 bits per heavy atom. The molecule has 16 heavy (non-hydrogen) atoms. The van der Waals surface area contributed by atoms with E-state index in [4.69, 9.17) is 5.11 Å². The highest BCUT2D eigenvalue weighted by Gasteiger charge is 2.17. The van der Waals surface area contributed by atoms with Gasteiger partial charge in [-0.25, -0.2) is 0 Å². The van der Waals surface area contributed by atoms with Crippen LogP contribution < -0.4 is 10.6 Å². The first kappa shape index (κ1) is 14.9. The molecule has 1 amide bonds. The van der Waals surface area contributed by atoms with E-state index in [0.717, 1.165) is 12.8 Å². The van der Waals surface area contributed by atoms with Crippen molar-refractivity contribution in [2.45, 2.75) is 45.6 Å². The van der Waals surface area contributed by atoms with Crippen molar-refractivity contribution in [2.24, 2.45) is 0 Å². The average Bonchev–Trinajstić information content (AvgIpc) is 2.23. The zero-order chi connectivity index (χ0) is 12.4. The Kier molecular flexibility index (Phi) is 8.52. The van der Waals surface area contributed by atoms with Crippen molar-refractivity contribution in [3.05, 3.63) is 0 Å². The molecule has 0 bridgehead atoms. The fourth-order valence-electron chi connectivity index (χ4n) is 1.33. The molecule has 0 unspecified atom stereocenters. The molecule has 1 atom stereocenters. The maximum absolute atomic E-state index is 11.2. The lowest BCUT2D eigenvalue weighted by Gasteiger charge is -2.13. The largest absolute Gasteiger partial charge is 0.480 e. The summed E-state index contributed by atoms with van der Waals surface area (Å²) in [5.41, 5.74) is 0. The number of carbonyl (C=O) groups is 2. The molecule has 0 aliphatic heterocycles. The molecule has 3 N–H and O–H groups in total. The molecule has 0 aromatic heterocycles. The van der Waals surface area contributed by atoms with Crippen LogP contribution in [0.2, 0.25) is 0 Å². The van der Waals surface area contributed by atoms with E-state index in [1.54, 1.807) is 0 Å². The lowest BCUT2D eigenvalue weighted by molar-refractivity contribution is -0.139. The van der Waals surface area contributed by atoms with E-state index in [1.807, 2.05) is 13.8 Å². The van der Waals surface area contributed by atoms with Gasteiger partial charge in [0.25, 0.3) is 0 Å². The molecule has 0 spiro atoms. The van der Waals surface area contributed by atoms with Crippen LogP contribution in [0.5, 0.6) is 0 Å². The second-order valence-electron chi connectivity index (χ2n) is 3.69. The highest BCUT2D eigenvalue weighted by atomic mass is 16.4. The van der Waals surface area contributed by atoms with Crippen molar-refractivity contribution in [3.8, 4) is 0 Å². The van der Waals surface area contributed by atoms with Crippen molar-refractivity contribution < 1.29 is 14.7 Å². The quantitative estimate of drug-likeness (QED) is 0.511. The van der Waals surface area contributed by atoms with E-state index in [2.05, 4.69) is 10.6 Å². The number of unbranched alkanes of at least 4 members (excludes halogenated alkanes) is 1. The summed E-state index contributed by atoms with van der Waals surface area (Å²) < 4.78 is 0. The van der Waals surface area contributed by atoms with Crippen LogP contribution in [0.15, 0.2) is 0 Å². The van der Waals surface area contributed by atoms with Gasteiger partial charge < -0.3 is 15.7 Å². The number of hydrogen-bond acceptors (Lipinski definition) is 3. The smallest absolute Gasteiger partial charge is 0.320 e. The summed E-state index contributed by atoms with van der Waals surface area (Å²) in [5.74, 6) is -0.980. The first-order valence-corrected chi connectivity index (χ1v) is 5.84. The van der Waals surface area contributed by atoms with Crippen molar-refractivity contribution in [1.82, 2.24) is 10.6 Å². The van der Waals surface area contributed by atoms with Crippen molar-refractivity contribution in [3.63, 3.8) is 0 Å². The molecule has 0 aromatic rings. The molecule has 5 nitrogen and oxygen atoms in total. The standard InChI is InChI=1S/C11H22N2O3/c1-3-5-8-13-9(11(15)16)6-7-10(14)12-4-2/h9,13H,3-8H2,1-2H3,(H,12,14)(H,15,16)/t9-/m0/s1. The zero-order valence-electron chi connectivity index (χ0n) is 10.1. The lowest BCUT2D eigenvalue weighted by atomic mass is 10.1. The van der Waals surface area contributed by atoms with Crippen LogP contribution in [0, 0.1) is 0 Å². The van der Waals surface area contributed by atoms with Gasteiger partial charge in [0, 0.05) is 13.0 Å². The monoisotopic (exact) mass is 230 g/mol. The Hall–Kier alpha value is -1.10. The SMILES string of the molecule is CCCCN[C@@H](CCC(=O)NCC)C(=O)O. The van der Waals surface area contributed by atoms with Crippen molar-refractivity contribution in [2.75, 3.05) is 13.1 Å². The number of carbonyl (C=O) groups excluding carboxylic acids is 1. The molecular weight excluding hydrogens is 208 g/mol. The third-order valence-electron chi connectivity index (χ3n) is 2.25. The summed E-state index contributed by atoms with van der Waals surface area (Å²) in [6, 6.07) is -0.617. The number of aliphatic carboxylic acids is 1. The van der Waals surface area contributed by atoms with Crippen LogP contribution in [0.25, 0.3) is 0 Å². The van der Waals surface area contributed by atoms with Crippen LogP contribution >= 0.6 is 0 Å². The predicted octanol–water partition coefficient (Wildman–Crippen LogP) is 0.746.